The molecule has 0 aliphatic rings. The number of halogens is 3. The maximum absolute atomic E-state index is 13.2. The average molecular weight is 375 g/mol. The summed E-state index contributed by atoms with van der Waals surface area (Å²) in [7, 11) is -4.07. The van der Waals surface area contributed by atoms with E-state index in [-0.39, 0.29) is 28.2 Å². The van der Waals surface area contributed by atoms with Gasteiger partial charge in [0.15, 0.2) is 5.03 Å². The second-order valence-electron chi connectivity index (χ2n) is 6.31. The maximum Gasteiger partial charge on any atom is 0.416 e. The molecule has 1 aromatic carbocycles. The van der Waals surface area contributed by atoms with Crippen molar-refractivity contribution < 1.29 is 21.6 Å². The first-order valence-electron chi connectivity index (χ1n) is 7.69. The number of hydrogen-bond donors (Lipinski definition) is 1. The Labute approximate surface area is 144 Å². The lowest BCUT2D eigenvalue weighted by molar-refractivity contribution is -0.138. The van der Waals surface area contributed by atoms with Crippen LogP contribution in [-0.2, 0) is 16.2 Å². The molecule has 0 saturated heterocycles. The van der Waals surface area contributed by atoms with Gasteiger partial charge in [0.25, 0.3) is 10.0 Å². The van der Waals surface area contributed by atoms with Gasteiger partial charge in [0.1, 0.15) is 0 Å². The summed E-state index contributed by atoms with van der Waals surface area (Å²) >= 11 is 0. The van der Waals surface area contributed by atoms with Crippen molar-refractivity contribution in [3.63, 3.8) is 0 Å². The fraction of sp³-hybridized carbons (Fsp3) is 0.438. The molecule has 0 amide bonds. The van der Waals surface area contributed by atoms with Crippen molar-refractivity contribution in [3.05, 3.63) is 41.9 Å². The summed E-state index contributed by atoms with van der Waals surface area (Å²) in [5.41, 5.74) is -0.897. The van der Waals surface area contributed by atoms with Crippen molar-refractivity contribution in [2.75, 3.05) is 4.72 Å². The van der Waals surface area contributed by atoms with E-state index in [0.717, 1.165) is 6.07 Å². The standard InChI is InChI=1S/C16H20F3N3O2S/c1-10(2)13-6-5-12(7-14(13)16(17,18)19)21-25(23,24)15-8-22(9-20-15)11(3)4/h5-11,21H,1-4H3. The quantitative estimate of drug-likeness (QED) is 0.842. The highest BCUT2D eigenvalue weighted by Gasteiger charge is 2.34. The second kappa shape index (κ2) is 6.70. The van der Waals surface area contributed by atoms with E-state index >= 15 is 0 Å². The number of nitrogens with one attached hydrogen (secondary N) is 1. The fourth-order valence-electron chi connectivity index (χ4n) is 2.32. The van der Waals surface area contributed by atoms with E-state index in [2.05, 4.69) is 9.71 Å². The normalized spacial score (nSPS) is 12.8. The molecule has 0 saturated carbocycles. The van der Waals surface area contributed by atoms with Gasteiger partial charge in [-0.05, 0) is 37.5 Å². The second-order valence-corrected chi connectivity index (χ2v) is 7.94. The van der Waals surface area contributed by atoms with Crippen LogP contribution < -0.4 is 4.72 Å². The third kappa shape index (κ3) is 4.33. The average Bonchev–Trinajstić information content (AvgIpc) is 2.96. The summed E-state index contributed by atoms with van der Waals surface area (Å²) in [6.07, 6.45) is -1.87. The van der Waals surface area contributed by atoms with Crippen LogP contribution in [0.4, 0.5) is 18.9 Å². The van der Waals surface area contributed by atoms with Crippen molar-refractivity contribution in [2.24, 2.45) is 0 Å². The largest absolute Gasteiger partial charge is 0.416 e. The molecular weight excluding hydrogens is 355 g/mol. The van der Waals surface area contributed by atoms with Crippen molar-refractivity contribution in [1.82, 2.24) is 9.55 Å². The highest BCUT2D eigenvalue weighted by Crippen LogP contribution is 2.37. The molecule has 1 N–H and O–H groups in total. The van der Waals surface area contributed by atoms with Gasteiger partial charge in [-0.3, -0.25) is 4.72 Å². The van der Waals surface area contributed by atoms with Crippen LogP contribution >= 0.6 is 0 Å². The van der Waals surface area contributed by atoms with Crippen molar-refractivity contribution in [2.45, 2.75) is 50.9 Å². The highest BCUT2D eigenvalue weighted by molar-refractivity contribution is 7.92. The van der Waals surface area contributed by atoms with E-state index < -0.39 is 21.8 Å². The summed E-state index contributed by atoms with van der Waals surface area (Å²) in [4.78, 5) is 3.81. The Kier molecular flexibility index (Phi) is 5.17. The van der Waals surface area contributed by atoms with Gasteiger partial charge in [-0.15, -0.1) is 0 Å². The van der Waals surface area contributed by atoms with Crippen LogP contribution in [0.2, 0.25) is 0 Å². The lowest BCUT2D eigenvalue weighted by Crippen LogP contribution is -2.16. The summed E-state index contributed by atoms with van der Waals surface area (Å²) in [5.74, 6) is -0.343. The monoisotopic (exact) mass is 375 g/mol. The Bertz CT molecular complexity index is 856. The number of rotatable bonds is 5. The first-order valence-corrected chi connectivity index (χ1v) is 9.17. The number of benzene rings is 1. The van der Waals surface area contributed by atoms with Gasteiger partial charge >= 0.3 is 6.18 Å². The molecule has 2 aromatic rings. The van der Waals surface area contributed by atoms with Gasteiger partial charge in [0.05, 0.1) is 11.9 Å². The number of imidazole rings is 1. The minimum Gasteiger partial charge on any atom is -0.334 e. The van der Waals surface area contributed by atoms with E-state index in [4.69, 9.17) is 0 Å². The van der Waals surface area contributed by atoms with Gasteiger partial charge < -0.3 is 4.57 Å². The molecule has 25 heavy (non-hydrogen) atoms. The molecule has 0 unspecified atom stereocenters. The number of hydrogen-bond acceptors (Lipinski definition) is 3. The van der Waals surface area contributed by atoms with Crippen LogP contribution in [0.15, 0.2) is 35.7 Å². The summed E-state index contributed by atoms with van der Waals surface area (Å²) in [6, 6.07) is 3.44. The predicted molar refractivity (Wildman–Crippen MR) is 89.0 cm³/mol. The van der Waals surface area contributed by atoms with Gasteiger partial charge in [-0.1, -0.05) is 19.9 Å². The molecule has 138 valence electrons. The van der Waals surface area contributed by atoms with Crippen LogP contribution in [-0.4, -0.2) is 18.0 Å². The fourth-order valence-corrected chi connectivity index (χ4v) is 3.30. The number of aromatic nitrogens is 2. The van der Waals surface area contributed by atoms with Crippen LogP contribution in [0.5, 0.6) is 0 Å². The lowest BCUT2D eigenvalue weighted by atomic mass is 9.96. The molecule has 1 heterocycles. The number of nitrogens with zero attached hydrogens (tertiary/aromatic N) is 2. The van der Waals surface area contributed by atoms with E-state index in [0.29, 0.717) is 0 Å². The molecule has 0 aliphatic heterocycles. The Balaban J connectivity index is 2.39. The minimum absolute atomic E-state index is 0.0126. The summed E-state index contributed by atoms with van der Waals surface area (Å²) < 4.78 is 68.2. The number of anilines is 1. The number of sulfonamides is 1. The van der Waals surface area contributed by atoms with E-state index in [9.17, 15) is 21.6 Å². The Morgan fingerprint density at radius 1 is 1.16 bits per heavy atom. The Morgan fingerprint density at radius 2 is 1.80 bits per heavy atom. The number of alkyl halides is 3. The third-order valence-electron chi connectivity index (χ3n) is 3.68. The van der Waals surface area contributed by atoms with Crippen LogP contribution in [0, 0.1) is 0 Å². The summed E-state index contributed by atoms with van der Waals surface area (Å²) in [5, 5.41) is -0.248. The Hall–Kier alpha value is -2.03. The summed E-state index contributed by atoms with van der Waals surface area (Å²) in [6.45, 7) is 7.00. The zero-order valence-corrected chi connectivity index (χ0v) is 15.1. The zero-order chi connectivity index (χ0) is 19.0. The third-order valence-corrected chi connectivity index (χ3v) is 4.95. The van der Waals surface area contributed by atoms with Gasteiger partial charge in [0.2, 0.25) is 0 Å². The first kappa shape index (κ1) is 19.3. The van der Waals surface area contributed by atoms with E-state index in [1.807, 2.05) is 13.8 Å². The predicted octanol–water partition coefficient (Wildman–Crippen LogP) is 4.41. The van der Waals surface area contributed by atoms with Crippen LogP contribution in [0.25, 0.3) is 0 Å². The van der Waals surface area contributed by atoms with Crippen LogP contribution in [0.3, 0.4) is 0 Å². The topological polar surface area (TPSA) is 64.0 Å². The van der Waals surface area contributed by atoms with Crippen molar-refractivity contribution in [3.8, 4) is 0 Å². The van der Waals surface area contributed by atoms with Gasteiger partial charge in [0, 0.05) is 17.9 Å². The van der Waals surface area contributed by atoms with Crippen LogP contribution in [0.1, 0.15) is 50.8 Å². The van der Waals surface area contributed by atoms with Gasteiger partial charge in [-0.2, -0.15) is 21.6 Å². The smallest absolute Gasteiger partial charge is 0.334 e. The molecule has 2 rings (SSSR count). The molecule has 0 bridgehead atoms. The van der Waals surface area contributed by atoms with Crippen molar-refractivity contribution >= 4 is 15.7 Å². The molecule has 0 radical (unpaired) electrons. The van der Waals surface area contributed by atoms with Crippen molar-refractivity contribution in [1.29, 1.82) is 0 Å². The molecule has 1 aromatic heterocycles. The maximum atomic E-state index is 13.2. The SMILES string of the molecule is CC(C)c1ccc(NS(=O)(=O)c2cn(C(C)C)cn2)cc1C(F)(F)F. The molecule has 5 nitrogen and oxygen atoms in total. The molecule has 0 aliphatic carbocycles. The molecular formula is C16H20F3N3O2S. The highest BCUT2D eigenvalue weighted by atomic mass is 32.2. The molecule has 0 spiro atoms. The first-order chi connectivity index (χ1) is 11.4. The molecule has 0 fully saturated rings. The van der Waals surface area contributed by atoms with E-state index in [1.165, 1.54) is 24.7 Å². The minimum atomic E-state index is -4.57. The molecule has 0 atom stereocenters. The van der Waals surface area contributed by atoms with E-state index in [1.54, 1.807) is 18.4 Å². The lowest BCUT2D eigenvalue weighted by Gasteiger charge is -2.17. The Morgan fingerprint density at radius 3 is 2.28 bits per heavy atom. The zero-order valence-electron chi connectivity index (χ0n) is 14.3. The molecule has 9 heteroatoms. The van der Waals surface area contributed by atoms with Gasteiger partial charge in [-0.25, -0.2) is 4.98 Å².